The van der Waals surface area contributed by atoms with Gasteiger partial charge in [0.15, 0.2) is 11.5 Å². The predicted octanol–water partition coefficient (Wildman–Crippen LogP) is 1.08. The fourth-order valence-electron chi connectivity index (χ4n) is 3.61. The minimum absolute atomic E-state index is 0.293. The summed E-state index contributed by atoms with van der Waals surface area (Å²) < 4.78 is 19.9. The first-order valence-electron chi connectivity index (χ1n) is 10.1. The third kappa shape index (κ3) is 4.36. The molecule has 4 N–H and O–H groups in total. The SMILES string of the molecule is COc1cc(/C=C/c2sc3ccccc3[n+]2C)ccc1O[C@@H]1O[C@H](CO)[C@H](O)[C@H](O)[C@H]1O. The molecule has 9 heteroatoms. The van der Waals surface area contributed by atoms with Crippen LogP contribution in [0.3, 0.4) is 0 Å². The lowest BCUT2D eigenvalue weighted by molar-refractivity contribution is -0.642. The highest BCUT2D eigenvalue weighted by Gasteiger charge is 2.44. The number of para-hydroxylation sites is 1. The Labute approximate surface area is 189 Å². The molecule has 0 radical (unpaired) electrons. The summed E-state index contributed by atoms with van der Waals surface area (Å²) in [6.07, 6.45) is -2.79. The highest BCUT2D eigenvalue weighted by atomic mass is 32.1. The second-order valence-corrected chi connectivity index (χ2v) is 8.59. The molecule has 1 aliphatic heterocycles. The molecule has 1 fully saturated rings. The molecule has 3 aromatic rings. The van der Waals surface area contributed by atoms with Crippen LogP contribution in [0.4, 0.5) is 0 Å². The lowest BCUT2D eigenvalue weighted by Crippen LogP contribution is -2.60. The number of aliphatic hydroxyl groups excluding tert-OH is 4. The quantitative estimate of drug-likeness (QED) is 0.407. The lowest BCUT2D eigenvalue weighted by Gasteiger charge is -2.39. The number of hydrogen-bond donors (Lipinski definition) is 4. The van der Waals surface area contributed by atoms with Gasteiger partial charge < -0.3 is 34.6 Å². The van der Waals surface area contributed by atoms with Crippen molar-refractivity contribution in [1.29, 1.82) is 0 Å². The smallest absolute Gasteiger partial charge is 0.262 e. The van der Waals surface area contributed by atoms with Gasteiger partial charge in [0.1, 0.15) is 36.2 Å². The first kappa shape index (κ1) is 22.7. The highest BCUT2D eigenvalue weighted by molar-refractivity contribution is 7.18. The van der Waals surface area contributed by atoms with Crippen molar-refractivity contribution in [3.05, 3.63) is 53.0 Å². The van der Waals surface area contributed by atoms with Gasteiger partial charge >= 0.3 is 0 Å². The molecule has 0 amide bonds. The second-order valence-electron chi connectivity index (χ2n) is 7.53. The number of rotatable bonds is 6. The van der Waals surface area contributed by atoms with Crippen molar-refractivity contribution in [3.63, 3.8) is 0 Å². The maximum absolute atomic E-state index is 10.2. The minimum Gasteiger partial charge on any atom is -0.493 e. The summed E-state index contributed by atoms with van der Waals surface area (Å²) in [6.45, 7) is -0.527. The first-order chi connectivity index (χ1) is 15.4. The van der Waals surface area contributed by atoms with Crippen LogP contribution in [0.5, 0.6) is 11.5 Å². The van der Waals surface area contributed by atoms with Crippen molar-refractivity contribution < 1.29 is 39.2 Å². The average molecular weight is 461 g/mol. The van der Waals surface area contributed by atoms with Crippen LogP contribution >= 0.6 is 11.3 Å². The second kappa shape index (κ2) is 9.53. The molecular formula is C23H26NO7S+. The number of methoxy groups -OCH3 is 1. The molecule has 4 rings (SSSR count). The summed E-state index contributed by atoms with van der Waals surface area (Å²) in [4.78, 5) is 0. The molecule has 0 unspecified atom stereocenters. The molecule has 170 valence electrons. The Hall–Kier alpha value is -2.53. The van der Waals surface area contributed by atoms with Crippen molar-refractivity contribution in [2.75, 3.05) is 13.7 Å². The van der Waals surface area contributed by atoms with Crippen molar-refractivity contribution in [2.24, 2.45) is 7.05 Å². The number of aryl methyl sites for hydroxylation is 1. The van der Waals surface area contributed by atoms with E-state index in [1.165, 1.54) is 11.8 Å². The Balaban J connectivity index is 1.54. The number of aromatic nitrogens is 1. The van der Waals surface area contributed by atoms with Crippen LogP contribution in [0.2, 0.25) is 0 Å². The molecule has 0 bridgehead atoms. The van der Waals surface area contributed by atoms with Crippen LogP contribution in [0.25, 0.3) is 22.4 Å². The molecule has 1 aliphatic rings. The Morgan fingerprint density at radius 3 is 2.53 bits per heavy atom. The normalized spacial score (nSPS) is 26.0. The monoisotopic (exact) mass is 460 g/mol. The highest BCUT2D eigenvalue weighted by Crippen LogP contribution is 2.32. The van der Waals surface area contributed by atoms with Crippen LogP contribution in [0.15, 0.2) is 42.5 Å². The van der Waals surface area contributed by atoms with Crippen LogP contribution < -0.4 is 14.0 Å². The van der Waals surface area contributed by atoms with Crippen molar-refractivity contribution >= 4 is 33.7 Å². The zero-order valence-electron chi connectivity index (χ0n) is 17.7. The fourth-order valence-corrected chi connectivity index (χ4v) is 4.66. The van der Waals surface area contributed by atoms with Gasteiger partial charge in [-0.2, -0.15) is 4.57 Å². The predicted molar refractivity (Wildman–Crippen MR) is 119 cm³/mol. The summed E-state index contributed by atoms with van der Waals surface area (Å²) >= 11 is 1.69. The van der Waals surface area contributed by atoms with E-state index in [-0.39, 0.29) is 0 Å². The standard InChI is InChI=1S/C23H26NO7S/c1-24-14-5-3-4-6-18(14)32-19(24)10-8-13-7-9-15(16(11-13)29-2)30-23-22(28)21(27)20(26)17(12-25)31-23/h3-11,17,20-23,25-28H,12H2,1-2H3/q+1/b10-8+/t17-,20+,21+,22-,23-/m1/s1. The van der Waals surface area contributed by atoms with Crippen LogP contribution in [-0.4, -0.2) is 64.8 Å². The largest absolute Gasteiger partial charge is 0.493 e. The summed E-state index contributed by atoms with van der Waals surface area (Å²) in [7, 11) is 3.52. The summed E-state index contributed by atoms with van der Waals surface area (Å²) in [5.74, 6) is 0.700. The zero-order valence-corrected chi connectivity index (χ0v) is 18.5. The van der Waals surface area contributed by atoms with Gasteiger partial charge in [0, 0.05) is 12.1 Å². The summed E-state index contributed by atoms with van der Waals surface area (Å²) in [6, 6.07) is 13.5. The van der Waals surface area contributed by atoms with Gasteiger partial charge in [0.2, 0.25) is 11.8 Å². The average Bonchev–Trinajstić information content (AvgIpc) is 3.14. The number of ether oxygens (including phenoxy) is 3. The Morgan fingerprint density at radius 1 is 1.03 bits per heavy atom. The van der Waals surface area contributed by atoms with E-state index in [9.17, 15) is 20.4 Å². The molecule has 0 aliphatic carbocycles. The number of nitrogens with zero attached hydrogens (tertiary/aromatic N) is 1. The van der Waals surface area contributed by atoms with Crippen molar-refractivity contribution in [2.45, 2.75) is 30.7 Å². The Bertz CT molecular complexity index is 1110. The third-order valence-electron chi connectivity index (χ3n) is 5.47. The van der Waals surface area contributed by atoms with E-state index in [2.05, 4.69) is 16.7 Å². The zero-order chi connectivity index (χ0) is 22.8. The van der Waals surface area contributed by atoms with Crippen LogP contribution in [0.1, 0.15) is 10.6 Å². The number of fused-ring (bicyclic) bond motifs is 1. The Morgan fingerprint density at radius 2 is 1.81 bits per heavy atom. The van der Waals surface area contributed by atoms with Gasteiger partial charge in [-0.1, -0.05) is 29.5 Å². The molecule has 1 saturated heterocycles. The summed E-state index contributed by atoms with van der Waals surface area (Å²) in [5.41, 5.74) is 2.04. The van der Waals surface area contributed by atoms with Gasteiger partial charge in [0.25, 0.3) is 5.01 Å². The van der Waals surface area contributed by atoms with E-state index in [4.69, 9.17) is 14.2 Å². The van der Waals surface area contributed by atoms with Crippen LogP contribution in [0, 0.1) is 0 Å². The molecule has 2 heterocycles. The Kier molecular flexibility index (Phi) is 6.75. The van der Waals surface area contributed by atoms with E-state index in [0.29, 0.717) is 11.5 Å². The molecule has 5 atom stereocenters. The van der Waals surface area contributed by atoms with Gasteiger partial charge in [0.05, 0.1) is 13.7 Å². The maximum atomic E-state index is 10.2. The molecule has 0 spiro atoms. The van der Waals surface area contributed by atoms with E-state index < -0.39 is 37.3 Å². The van der Waals surface area contributed by atoms with E-state index >= 15 is 0 Å². The third-order valence-corrected chi connectivity index (χ3v) is 6.65. The molecule has 2 aromatic carbocycles. The van der Waals surface area contributed by atoms with E-state index in [0.717, 1.165) is 16.1 Å². The van der Waals surface area contributed by atoms with Gasteiger partial charge in [-0.25, -0.2) is 0 Å². The number of benzene rings is 2. The first-order valence-corrected chi connectivity index (χ1v) is 11.0. The molecular weight excluding hydrogens is 434 g/mol. The molecule has 1 aromatic heterocycles. The maximum Gasteiger partial charge on any atom is 0.262 e. The number of hydrogen-bond acceptors (Lipinski definition) is 8. The number of aliphatic hydroxyl groups is 4. The van der Waals surface area contributed by atoms with Crippen molar-refractivity contribution in [3.8, 4) is 11.5 Å². The topological polar surface area (TPSA) is 112 Å². The minimum atomic E-state index is -1.51. The molecule has 0 saturated carbocycles. The van der Waals surface area contributed by atoms with Crippen molar-refractivity contribution in [1.82, 2.24) is 0 Å². The van der Waals surface area contributed by atoms with E-state index in [1.807, 2.05) is 37.4 Å². The van der Waals surface area contributed by atoms with E-state index in [1.54, 1.807) is 23.5 Å². The van der Waals surface area contributed by atoms with Crippen LogP contribution in [-0.2, 0) is 11.8 Å². The molecule has 32 heavy (non-hydrogen) atoms. The lowest BCUT2D eigenvalue weighted by atomic mass is 9.99. The number of thiazole rings is 1. The van der Waals surface area contributed by atoms with Gasteiger partial charge in [-0.05, 0) is 29.8 Å². The van der Waals surface area contributed by atoms with Gasteiger partial charge in [-0.15, -0.1) is 0 Å². The van der Waals surface area contributed by atoms with Gasteiger partial charge in [-0.3, -0.25) is 0 Å². The molecule has 8 nitrogen and oxygen atoms in total. The fraction of sp³-hybridized carbons (Fsp3) is 0.348. The summed E-state index contributed by atoms with van der Waals surface area (Å²) in [5, 5.41) is 40.5.